The van der Waals surface area contributed by atoms with Gasteiger partial charge in [-0.3, -0.25) is 0 Å². The predicted octanol–water partition coefficient (Wildman–Crippen LogP) is 2.21. The third-order valence-corrected chi connectivity index (χ3v) is 3.94. The molecule has 2 rings (SSSR count). The smallest absolute Gasteiger partial charge is 0.0759 e. The van der Waals surface area contributed by atoms with Gasteiger partial charge < -0.3 is 14.8 Å². The highest BCUT2D eigenvalue weighted by Crippen LogP contribution is 2.38. The van der Waals surface area contributed by atoms with Gasteiger partial charge in [0.2, 0.25) is 0 Å². The quantitative estimate of drug-likeness (QED) is 0.741. The van der Waals surface area contributed by atoms with Crippen LogP contribution in [-0.4, -0.2) is 38.5 Å². The van der Waals surface area contributed by atoms with Crippen LogP contribution in [0, 0.1) is 11.8 Å². The number of hydrogen-bond donors (Lipinski definition) is 1. The molecule has 0 amide bonds. The molecule has 1 saturated heterocycles. The third-order valence-electron chi connectivity index (χ3n) is 3.94. The molecule has 1 aliphatic heterocycles. The van der Waals surface area contributed by atoms with Crippen molar-refractivity contribution in [1.82, 2.24) is 5.32 Å². The fourth-order valence-corrected chi connectivity index (χ4v) is 2.99. The minimum Gasteiger partial charge on any atom is -0.381 e. The maximum atomic E-state index is 6.02. The van der Waals surface area contributed by atoms with E-state index in [-0.39, 0.29) is 0 Å². The Balaban J connectivity index is 1.96. The average Bonchev–Trinajstić information content (AvgIpc) is 3.19. The second-order valence-corrected chi connectivity index (χ2v) is 5.32. The molecule has 0 aromatic heterocycles. The van der Waals surface area contributed by atoms with Crippen molar-refractivity contribution < 1.29 is 9.47 Å². The molecule has 3 atom stereocenters. The zero-order valence-corrected chi connectivity index (χ0v) is 11.3. The summed E-state index contributed by atoms with van der Waals surface area (Å²) < 4.78 is 11.7. The van der Waals surface area contributed by atoms with Crippen molar-refractivity contribution in [1.29, 1.82) is 0 Å². The van der Waals surface area contributed by atoms with E-state index in [0.717, 1.165) is 32.3 Å². The molecule has 0 aromatic rings. The summed E-state index contributed by atoms with van der Waals surface area (Å²) in [6.07, 6.45) is 5.59. The molecule has 1 aliphatic carbocycles. The average molecular weight is 241 g/mol. The second kappa shape index (κ2) is 6.72. The topological polar surface area (TPSA) is 30.5 Å². The Hall–Kier alpha value is -0.120. The fourth-order valence-electron chi connectivity index (χ4n) is 2.99. The maximum absolute atomic E-state index is 6.02. The highest BCUT2D eigenvalue weighted by Gasteiger charge is 2.40. The van der Waals surface area contributed by atoms with Gasteiger partial charge in [-0.05, 0) is 45.1 Å². The third kappa shape index (κ3) is 3.67. The van der Waals surface area contributed by atoms with Gasteiger partial charge in [-0.15, -0.1) is 0 Å². The van der Waals surface area contributed by atoms with Crippen molar-refractivity contribution in [3.8, 4) is 0 Å². The summed E-state index contributed by atoms with van der Waals surface area (Å²) in [6.45, 7) is 8.00. The van der Waals surface area contributed by atoms with Gasteiger partial charge in [0.25, 0.3) is 0 Å². The van der Waals surface area contributed by atoms with Gasteiger partial charge >= 0.3 is 0 Å². The van der Waals surface area contributed by atoms with E-state index in [4.69, 9.17) is 9.47 Å². The standard InChI is InChI=1S/C14H27NO2/c1-3-15-13(12-6-5-9-16-10-12)14(17-4-2)11-7-8-11/h11-15H,3-10H2,1-2H3. The van der Waals surface area contributed by atoms with Crippen LogP contribution in [0.25, 0.3) is 0 Å². The van der Waals surface area contributed by atoms with E-state index < -0.39 is 0 Å². The number of likely N-dealkylation sites (N-methyl/N-ethyl adjacent to an activating group) is 1. The van der Waals surface area contributed by atoms with Crippen molar-refractivity contribution in [3.05, 3.63) is 0 Å². The molecule has 3 heteroatoms. The van der Waals surface area contributed by atoms with Crippen LogP contribution in [-0.2, 0) is 9.47 Å². The lowest BCUT2D eigenvalue weighted by molar-refractivity contribution is -0.0314. The molecule has 100 valence electrons. The zero-order valence-electron chi connectivity index (χ0n) is 11.3. The Morgan fingerprint density at radius 3 is 2.59 bits per heavy atom. The fraction of sp³-hybridized carbons (Fsp3) is 1.00. The van der Waals surface area contributed by atoms with Crippen molar-refractivity contribution in [2.75, 3.05) is 26.4 Å². The number of hydrogen-bond acceptors (Lipinski definition) is 3. The summed E-state index contributed by atoms with van der Waals surface area (Å²) >= 11 is 0. The maximum Gasteiger partial charge on any atom is 0.0759 e. The van der Waals surface area contributed by atoms with Crippen LogP contribution in [0.5, 0.6) is 0 Å². The predicted molar refractivity (Wildman–Crippen MR) is 69.1 cm³/mol. The van der Waals surface area contributed by atoms with E-state index in [1.807, 2.05) is 0 Å². The molecule has 0 aromatic carbocycles. The van der Waals surface area contributed by atoms with Gasteiger partial charge in [0.05, 0.1) is 12.7 Å². The molecular formula is C14H27NO2. The van der Waals surface area contributed by atoms with Crippen LogP contribution in [0.15, 0.2) is 0 Å². The van der Waals surface area contributed by atoms with Crippen molar-refractivity contribution >= 4 is 0 Å². The molecule has 1 saturated carbocycles. The second-order valence-electron chi connectivity index (χ2n) is 5.32. The lowest BCUT2D eigenvalue weighted by Gasteiger charge is -2.36. The Bertz CT molecular complexity index is 212. The SMILES string of the molecule is CCNC(C1CCCOC1)C(OCC)C1CC1. The number of rotatable bonds is 7. The molecule has 3 unspecified atom stereocenters. The van der Waals surface area contributed by atoms with Crippen LogP contribution in [0.2, 0.25) is 0 Å². The first-order chi connectivity index (χ1) is 8.36. The highest BCUT2D eigenvalue weighted by atomic mass is 16.5. The summed E-state index contributed by atoms with van der Waals surface area (Å²) in [7, 11) is 0. The first kappa shape index (κ1) is 13.3. The molecule has 1 N–H and O–H groups in total. The molecule has 2 aliphatic rings. The summed E-state index contributed by atoms with van der Waals surface area (Å²) in [5.74, 6) is 1.43. The Morgan fingerprint density at radius 2 is 2.06 bits per heavy atom. The first-order valence-corrected chi connectivity index (χ1v) is 7.29. The van der Waals surface area contributed by atoms with E-state index in [9.17, 15) is 0 Å². The van der Waals surface area contributed by atoms with Crippen molar-refractivity contribution in [2.45, 2.75) is 51.7 Å². The van der Waals surface area contributed by atoms with E-state index >= 15 is 0 Å². The van der Waals surface area contributed by atoms with Crippen molar-refractivity contribution in [2.24, 2.45) is 11.8 Å². The van der Waals surface area contributed by atoms with Gasteiger partial charge in [0.15, 0.2) is 0 Å². The van der Waals surface area contributed by atoms with Gasteiger partial charge in [0, 0.05) is 25.2 Å². The largest absolute Gasteiger partial charge is 0.381 e. The summed E-state index contributed by atoms with van der Waals surface area (Å²) in [6, 6.07) is 0.493. The molecule has 0 radical (unpaired) electrons. The summed E-state index contributed by atoms with van der Waals surface area (Å²) in [5, 5.41) is 3.65. The van der Waals surface area contributed by atoms with Gasteiger partial charge in [-0.2, -0.15) is 0 Å². The van der Waals surface area contributed by atoms with Crippen LogP contribution in [0.1, 0.15) is 39.5 Å². The molecule has 0 spiro atoms. The molecule has 1 heterocycles. The van der Waals surface area contributed by atoms with Gasteiger partial charge in [-0.25, -0.2) is 0 Å². The Kier molecular flexibility index (Phi) is 5.26. The van der Waals surface area contributed by atoms with Crippen LogP contribution in [0.4, 0.5) is 0 Å². The van der Waals surface area contributed by atoms with Crippen LogP contribution >= 0.6 is 0 Å². The number of ether oxygens (including phenoxy) is 2. The van der Waals surface area contributed by atoms with E-state index in [1.165, 1.54) is 25.7 Å². The monoisotopic (exact) mass is 241 g/mol. The van der Waals surface area contributed by atoms with Crippen molar-refractivity contribution in [3.63, 3.8) is 0 Å². The van der Waals surface area contributed by atoms with Crippen LogP contribution in [0.3, 0.4) is 0 Å². The molecular weight excluding hydrogens is 214 g/mol. The zero-order chi connectivity index (χ0) is 12.1. The van der Waals surface area contributed by atoms with E-state index in [2.05, 4.69) is 19.2 Å². The molecule has 17 heavy (non-hydrogen) atoms. The first-order valence-electron chi connectivity index (χ1n) is 7.29. The normalized spacial score (nSPS) is 28.9. The summed E-state index contributed by atoms with van der Waals surface area (Å²) in [5.41, 5.74) is 0. The molecule has 2 fully saturated rings. The number of nitrogens with one attached hydrogen (secondary N) is 1. The van der Waals surface area contributed by atoms with E-state index in [1.54, 1.807) is 0 Å². The molecule has 3 nitrogen and oxygen atoms in total. The Morgan fingerprint density at radius 1 is 1.24 bits per heavy atom. The minimum atomic E-state index is 0.409. The lowest BCUT2D eigenvalue weighted by Crippen LogP contribution is -2.50. The molecule has 0 bridgehead atoms. The van der Waals surface area contributed by atoms with Gasteiger partial charge in [-0.1, -0.05) is 6.92 Å². The van der Waals surface area contributed by atoms with Gasteiger partial charge in [0.1, 0.15) is 0 Å². The Labute approximate surface area is 105 Å². The minimum absolute atomic E-state index is 0.409. The van der Waals surface area contributed by atoms with Crippen LogP contribution < -0.4 is 5.32 Å². The summed E-state index contributed by atoms with van der Waals surface area (Å²) in [4.78, 5) is 0. The highest BCUT2D eigenvalue weighted by molar-refractivity contribution is 4.94. The lowest BCUT2D eigenvalue weighted by atomic mass is 9.88. The van der Waals surface area contributed by atoms with E-state index in [0.29, 0.717) is 18.1 Å².